The average molecular weight is 310 g/mol. The van der Waals surface area contributed by atoms with Gasteiger partial charge in [0.05, 0.1) is 17.3 Å². The summed E-state index contributed by atoms with van der Waals surface area (Å²) in [6, 6.07) is 8.96. The van der Waals surface area contributed by atoms with Crippen LogP contribution in [0.4, 0.5) is 5.69 Å². The van der Waals surface area contributed by atoms with Gasteiger partial charge in [-0.2, -0.15) is 5.26 Å². The second-order valence-electron chi connectivity index (χ2n) is 3.81. The van der Waals surface area contributed by atoms with Crippen molar-refractivity contribution in [1.82, 2.24) is 4.98 Å². The zero-order valence-corrected chi connectivity index (χ0v) is 11.5. The molecule has 0 aliphatic heterocycles. The Balaban J connectivity index is 2.38. The second-order valence-corrected chi connectivity index (χ2v) is 5.90. The van der Waals surface area contributed by atoms with E-state index in [2.05, 4.69) is 9.71 Å². The normalized spacial score (nSPS) is 10.8. The third-order valence-electron chi connectivity index (χ3n) is 2.39. The molecule has 0 aliphatic carbocycles. The number of nitriles is 1. The van der Waals surface area contributed by atoms with Crippen molar-refractivity contribution in [3.05, 3.63) is 57.5 Å². The molecule has 2 rings (SSSR count). The first-order chi connectivity index (χ1) is 9.42. The number of benzene rings is 1. The van der Waals surface area contributed by atoms with Crippen molar-refractivity contribution in [1.29, 1.82) is 5.26 Å². The van der Waals surface area contributed by atoms with Gasteiger partial charge in [-0.25, -0.2) is 8.42 Å². The number of aromatic nitrogens is 1. The van der Waals surface area contributed by atoms with Crippen LogP contribution >= 0.6 is 11.6 Å². The minimum absolute atomic E-state index is 0.176. The fourth-order valence-corrected chi connectivity index (χ4v) is 2.74. The van der Waals surface area contributed by atoms with Gasteiger partial charge in [-0.15, -0.1) is 0 Å². The summed E-state index contributed by atoms with van der Waals surface area (Å²) in [6.45, 7) is 0. The number of aromatic amines is 1. The Morgan fingerprint density at radius 3 is 2.70 bits per heavy atom. The first-order valence-corrected chi connectivity index (χ1v) is 7.20. The topological polar surface area (TPSA) is 103 Å². The molecule has 0 aliphatic rings. The number of rotatable bonds is 3. The third kappa shape index (κ3) is 2.99. The summed E-state index contributed by atoms with van der Waals surface area (Å²) >= 11 is 5.59. The molecule has 1 aromatic heterocycles. The van der Waals surface area contributed by atoms with E-state index in [0.29, 0.717) is 5.56 Å². The van der Waals surface area contributed by atoms with Crippen molar-refractivity contribution in [3.8, 4) is 6.07 Å². The van der Waals surface area contributed by atoms with Gasteiger partial charge >= 0.3 is 0 Å². The minimum Gasteiger partial charge on any atom is -0.326 e. The summed E-state index contributed by atoms with van der Waals surface area (Å²) in [5.41, 5.74) is -0.00633. The summed E-state index contributed by atoms with van der Waals surface area (Å²) < 4.78 is 26.5. The van der Waals surface area contributed by atoms with E-state index in [9.17, 15) is 13.2 Å². The molecule has 0 bridgehead atoms. The van der Waals surface area contributed by atoms with Gasteiger partial charge in [-0.1, -0.05) is 17.7 Å². The molecule has 20 heavy (non-hydrogen) atoms. The largest absolute Gasteiger partial charge is 0.326 e. The van der Waals surface area contributed by atoms with E-state index in [1.807, 2.05) is 6.07 Å². The van der Waals surface area contributed by atoms with E-state index in [4.69, 9.17) is 16.9 Å². The highest BCUT2D eigenvalue weighted by Crippen LogP contribution is 2.17. The van der Waals surface area contributed by atoms with Gasteiger partial charge in [0.25, 0.3) is 15.6 Å². The van der Waals surface area contributed by atoms with Crippen LogP contribution in [0.2, 0.25) is 5.02 Å². The van der Waals surface area contributed by atoms with Crippen LogP contribution in [0.15, 0.2) is 46.2 Å². The van der Waals surface area contributed by atoms with Crippen LogP contribution in [0.1, 0.15) is 5.56 Å². The molecule has 102 valence electrons. The SMILES string of the molecule is N#Cc1cccc(NS(=O)(=O)c2c[nH]c(=O)c(Cl)c2)c1. The fraction of sp³-hybridized carbons (Fsp3) is 0. The van der Waals surface area contributed by atoms with Crippen molar-refractivity contribution >= 4 is 27.3 Å². The second kappa shape index (κ2) is 5.36. The average Bonchev–Trinajstić information content (AvgIpc) is 2.41. The third-order valence-corrected chi connectivity index (χ3v) is 4.03. The number of nitrogens with zero attached hydrogens (tertiary/aromatic N) is 1. The molecule has 0 fully saturated rings. The van der Waals surface area contributed by atoms with E-state index < -0.39 is 15.6 Å². The van der Waals surface area contributed by atoms with E-state index >= 15 is 0 Å². The number of nitrogens with one attached hydrogen (secondary N) is 2. The molecule has 2 aromatic rings. The van der Waals surface area contributed by atoms with Crippen molar-refractivity contribution in [2.24, 2.45) is 0 Å². The molecule has 0 unspecified atom stereocenters. The van der Waals surface area contributed by atoms with E-state index in [-0.39, 0.29) is 15.6 Å². The fourth-order valence-electron chi connectivity index (χ4n) is 1.46. The number of hydrogen-bond acceptors (Lipinski definition) is 4. The van der Waals surface area contributed by atoms with Crippen molar-refractivity contribution in [2.45, 2.75) is 4.90 Å². The van der Waals surface area contributed by atoms with Gasteiger partial charge in [-0.05, 0) is 24.3 Å². The zero-order chi connectivity index (χ0) is 14.8. The molecule has 0 saturated carbocycles. The molecule has 1 aromatic carbocycles. The predicted molar refractivity (Wildman–Crippen MR) is 74.0 cm³/mol. The van der Waals surface area contributed by atoms with Crippen LogP contribution in [0.25, 0.3) is 0 Å². The Hall–Kier alpha value is -2.30. The van der Waals surface area contributed by atoms with Crippen LogP contribution in [-0.2, 0) is 10.0 Å². The lowest BCUT2D eigenvalue weighted by molar-refractivity contribution is 0.600. The van der Waals surface area contributed by atoms with Gasteiger partial charge in [-0.3, -0.25) is 9.52 Å². The Bertz CT molecular complexity index is 853. The molecular weight excluding hydrogens is 302 g/mol. The Labute approximate surface area is 119 Å². The van der Waals surface area contributed by atoms with Crippen molar-refractivity contribution in [2.75, 3.05) is 4.72 Å². The number of anilines is 1. The van der Waals surface area contributed by atoms with Crippen LogP contribution < -0.4 is 10.3 Å². The highest BCUT2D eigenvalue weighted by atomic mass is 35.5. The monoisotopic (exact) mass is 309 g/mol. The predicted octanol–water partition coefficient (Wildman–Crippen LogP) is 1.70. The maximum Gasteiger partial charge on any atom is 0.266 e. The first-order valence-electron chi connectivity index (χ1n) is 5.33. The molecular formula is C12H8ClN3O3S. The summed E-state index contributed by atoms with van der Waals surface area (Å²) in [6.07, 6.45) is 1.05. The molecule has 0 spiro atoms. The Morgan fingerprint density at radius 1 is 1.30 bits per heavy atom. The highest BCUT2D eigenvalue weighted by molar-refractivity contribution is 7.92. The number of H-pyrrole nitrogens is 1. The molecule has 1 heterocycles. The standard InChI is InChI=1S/C12H8ClN3O3S/c13-11-5-10(7-15-12(11)17)20(18,19)16-9-3-1-2-8(4-9)6-14/h1-5,7,16H,(H,15,17). The maximum absolute atomic E-state index is 12.1. The summed E-state index contributed by atoms with van der Waals surface area (Å²) in [7, 11) is -3.89. The first kappa shape index (κ1) is 14.1. The molecule has 8 heteroatoms. The van der Waals surface area contributed by atoms with Crippen LogP contribution in [0, 0.1) is 11.3 Å². The lowest BCUT2D eigenvalue weighted by Gasteiger charge is -2.08. The smallest absolute Gasteiger partial charge is 0.266 e. The summed E-state index contributed by atoms with van der Waals surface area (Å²) in [5, 5.41) is 8.54. The van der Waals surface area contributed by atoms with E-state index in [1.54, 1.807) is 12.1 Å². The van der Waals surface area contributed by atoms with Crippen LogP contribution in [0.5, 0.6) is 0 Å². The van der Waals surface area contributed by atoms with Crippen molar-refractivity contribution < 1.29 is 8.42 Å². The highest BCUT2D eigenvalue weighted by Gasteiger charge is 2.16. The van der Waals surface area contributed by atoms with Gasteiger partial charge < -0.3 is 4.98 Å². The molecule has 0 radical (unpaired) electrons. The maximum atomic E-state index is 12.1. The van der Waals surface area contributed by atoms with Crippen molar-refractivity contribution in [3.63, 3.8) is 0 Å². The number of hydrogen-bond donors (Lipinski definition) is 2. The molecule has 0 atom stereocenters. The zero-order valence-electron chi connectivity index (χ0n) is 9.92. The minimum atomic E-state index is -3.89. The quantitative estimate of drug-likeness (QED) is 0.900. The molecule has 6 nitrogen and oxygen atoms in total. The van der Waals surface area contributed by atoms with Gasteiger partial charge in [0.15, 0.2) is 0 Å². The van der Waals surface area contributed by atoms with E-state index in [1.165, 1.54) is 12.1 Å². The molecule has 0 saturated heterocycles. The summed E-state index contributed by atoms with van der Waals surface area (Å²) in [5.74, 6) is 0. The van der Waals surface area contributed by atoms with Crippen LogP contribution in [0.3, 0.4) is 0 Å². The number of pyridine rings is 1. The van der Waals surface area contributed by atoms with Gasteiger partial charge in [0.2, 0.25) is 0 Å². The number of sulfonamides is 1. The molecule has 0 amide bonds. The Morgan fingerprint density at radius 2 is 2.05 bits per heavy atom. The summed E-state index contributed by atoms with van der Waals surface area (Å²) in [4.78, 5) is 13.1. The van der Waals surface area contributed by atoms with Gasteiger partial charge in [0, 0.05) is 6.20 Å². The lowest BCUT2D eigenvalue weighted by Crippen LogP contribution is -2.16. The van der Waals surface area contributed by atoms with Crippen LogP contribution in [-0.4, -0.2) is 13.4 Å². The number of halogens is 1. The Kier molecular flexibility index (Phi) is 3.79. The lowest BCUT2D eigenvalue weighted by atomic mass is 10.2. The molecule has 2 N–H and O–H groups in total. The van der Waals surface area contributed by atoms with Gasteiger partial charge in [0.1, 0.15) is 9.92 Å². The van der Waals surface area contributed by atoms with E-state index in [0.717, 1.165) is 12.3 Å².